The highest BCUT2D eigenvalue weighted by molar-refractivity contribution is 6.46. The molecule has 1 aliphatic rings. The molecule has 3 rings (SSSR count). The van der Waals surface area contributed by atoms with Crippen molar-refractivity contribution in [2.45, 2.75) is 25.8 Å². The van der Waals surface area contributed by atoms with Gasteiger partial charge >= 0.3 is 0 Å². The fourth-order valence-electron chi connectivity index (χ4n) is 3.77. The number of amides is 1. The third-order valence-electron chi connectivity index (χ3n) is 5.31. The summed E-state index contributed by atoms with van der Waals surface area (Å²) in [6.45, 7) is 3.65. The number of aliphatic hydroxyl groups is 1. The number of rotatable bonds is 9. The Morgan fingerprint density at radius 3 is 2.53 bits per heavy atom. The summed E-state index contributed by atoms with van der Waals surface area (Å²) in [7, 11) is 3.88. The number of hydrogen-bond acceptors (Lipinski definition) is 5. The molecule has 0 bridgehead atoms. The minimum absolute atomic E-state index is 0.000831. The summed E-state index contributed by atoms with van der Waals surface area (Å²) in [4.78, 5) is 29.5. The molecule has 32 heavy (non-hydrogen) atoms. The van der Waals surface area contributed by atoms with Crippen molar-refractivity contribution >= 4 is 17.4 Å². The predicted octanol–water partition coefficient (Wildman–Crippen LogP) is 3.99. The SMILES string of the molecule is CCCOc1cccc([C@@H]2C(=C(O)c3ccc(F)cc3)C(=O)C(=O)N2CCCN(C)C)c1. The van der Waals surface area contributed by atoms with Gasteiger partial charge < -0.3 is 19.6 Å². The molecular weight excluding hydrogens is 411 g/mol. The standard InChI is InChI=1S/C25H29FN2O4/c1-4-15-32-20-8-5-7-18(16-20)22-21(23(29)17-9-11-19(26)12-10-17)24(30)25(31)28(22)14-6-13-27(2)3/h5,7-12,16,22,29H,4,6,13-15H2,1-3H3/t22-/m1/s1. The van der Waals surface area contributed by atoms with E-state index in [1.54, 1.807) is 12.1 Å². The predicted molar refractivity (Wildman–Crippen MR) is 121 cm³/mol. The molecule has 7 heteroatoms. The smallest absolute Gasteiger partial charge is 0.295 e. The van der Waals surface area contributed by atoms with Crippen molar-refractivity contribution < 1.29 is 23.8 Å². The van der Waals surface area contributed by atoms with Gasteiger partial charge in [0.2, 0.25) is 0 Å². The van der Waals surface area contributed by atoms with E-state index in [2.05, 4.69) is 0 Å². The summed E-state index contributed by atoms with van der Waals surface area (Å²) in [6, 6.07) is 11.7. The molecule has 0 radical (unpaired) electrons. The van der Waals surface area contributed by atoms with Crippen LogP contribution in [0.5, 0.6) is 5.75 Å². The quantitative estimate of drug-likeness (QED) is 0.363. The van der Waals surface area contributed by atoms with Crippen LogP contribution in [0.25, 0.3) is 5.76 Å². The maximum Gasteiger partial charge on any atom is 0.295 e. The van der Waals surface area contributed by atoms with E-state index >= 15 is 0 Å². The Kier molecular flexibility index (Phi) is 7.64. The Labute approximate surface area is 187 Å². The molecule has 0 saturated carbocycles. The van der Waals surface area contributed by atoms with Gasteiger partial charge in [0.05, 0.1) is 18.2 Å². The fourth-order valence-corrected chi connectivity index (χ4v) is 3.77. The molecule has 0 spiro atoms. The Morgan fingerprint density at radius 1 is 1.16 bits per heavy atom. The second-order valence-electron chi connectivity index (χ2n) is 8.08. The number of benzene rings is 2. The zero-order valence-corrected chi connectivity index (χ0v) is 18.7. The largest absolute Gasteiger partial charge is 0.507 e. The molecular formula is C25H29FN2O4. The number of carbonyl (C=O) groups is 2. The highest BCUT2D eigenvalue weighted by Gasteiger charge is 2.45. The van der Waals surface area contributed by atoms with Gasteiger partial charge in [0.25, 0.3) is 11.7 Å². The van der Waals surface area contributed by atoms with E-state index < -0.39 is 23.5 Å². The number of Topliss-reactive ketones (excluding diaryl/α,β-unsaturated/α-hetero) is 1. The second kappa shape index (κ2) is 10.4. The van der Waals surface area contributed by atoms with Crippen molar-refractivity contribution in [2.24, 2.45) is 0 Å². The van der Waals surface area contributed by atoms with Crippen LogP contribution in [0.15, 0.2) is 54.1 Å². The number of carbonyl (C=O) groups excluding carboxylic acids is 2. The van der Waals surface area contributed by atoms with Crippen molar-refractivity contribution in [1.29, 1.82) is 0 Å². The molecule has 0 aliphatic carbocycles. The number of likely N-dealkylation sites (tertiary alicyclic amines) is 1. The van der Waals surface area contributed by atoms with Crippen LogP contribution in [0.3, 0.4) is 0 Å². The van der Waals surface area contributed by atoms with Crippen molar-refractivity contribution in [3.05, 3.63) is 71.0 Å². The van der Waals surface area contributed by atoms with Crippen LogP contribution in [0, 0.1) is 5.82 Å². The van der Waals surface area contributed by atoms with E-state index in [-0.39, 0.29) is 16.9 Å². The Morgan fingerprint density at radius 2 is 1.88 bits per heavy atom. The first-order chi connectivity index (χ1) is 15.3. The fraction of sp³-hybridized carbons (Fsp3) is 0.360. The van der Waals surface area contributed by atoms with Gasteiger partial charge in [0.1, 0.15) is 17.3 Å². The molecule has 1 aliphatic heterocycles. The minimum atomic E-state index is -0.757. The Bertz CT molecular complexity index is 1000. The monoisotopic (exact) mass is 440 g/mol. The molecule has 2 aromatic carbocycles. The lowest BCUT2D eigenvalue weighted by molar-refractivity contribution is -0.139. The molecule has 0 unspecified atom stereocenters. The molecule has 0 aromatic heterocycles. The van der Waals surface area contributed by atoms with Crippen LogP contribution in [0.4, 0.5) is 4.39 Å². The molecule has 170 valence electrons. The van der Waals surface area contributed by atoms with E-state index in [1.165, 1.54) is 29.2 Å². The molecule has 1 fully saturated rings. The molecule has 1 N–H and O–H groups in total. The van der Waals surface area contributed by atoms with Crippen molar-refractivity contribution in [1.82, 2.24) is 9.80 Å². The van der Waals surface area contributed by atoms with Crippen LogP contribution in [0.2, 0.25) is 0 Å². The highest BCUT2D eigenvalue weighted by Crippen LogP contribution is 2.40. The molecule has 1 heterocycles. The number of halogens is 1. The highest BCUT2D eigenvalue weighted by atomic mass is 19.1. The van der Waals surface area contributed by atoms with Gasteiger partial charge in [0, 0.05) is 12.1 Å². The lowest BCUT2D eigenvalue weighted by Gasteiger charge is -2.26. The Hall–Kier alpha value is -3.19. The first-order valence-electron chi connectivity index (χ1n) is 10.7. The minimum Gasteiger partial charge on any atom is -0.507 e. The topological polar surface area (TPSA) is 70.1 Å². The zero-order chi connectivity index (χ0) is 23.3. The Balaban J connectivity index is 2.07. The maximum atomic E-state index is 13.4. The van der Waals surface area contributed by atoms with Crippen molar-refractivity contribution in [3.8, 4) is 5.75 Å². The van der Waals surface area contributed by atoms with Gasteiger partial charge in [-0.25, -0.2) is 4.39 Å². The second-order valence-corrected chi connectivity index (χ2v) is 8.08. The number of hydrogen-bond donors (Lipinski definition) is 1. The van der Waals surface area contributed by atoms with Crippen LogP contribution in [-0.4, -0.2) is 60.4 Å². The maximum absolute atomic E-state index is 13.4. The van der Waals surface area contributed by atoms with E-state index in [0.717, 1.165) is 13.0 Å². The summed E-state index contributed by atoms with van der Waals surface area (Å²) < 4.78 is 19.1. The van der Waals surface area contributed by atoms with Crippen molar-refractivity contribution in [3.63, 3.8) is 0 Å². The third-order valence-corrected chi connectivity index (χ3v) is 5.31. The van der Waals surface area contributed by atoms with E-state index in [4.69, 9.17) is 4.74 Å². The van der Waals surface area contributed by atoms with Gasteiger partial charge in [-0.3, -0.25) is 9.59 Å². The molecule has 2 aromatic rings. The third kappa shape index (κ3) is 5.16. The van der Waals surface area contributed by atoms with Gasteiger partial charge in [-0.15, -0.1) is 0 Å². The van der Waals surface area contributed by atoms with E-state index in [9.17, 15) is 19.1 Å². The van der Waals surface area contributed by atoms with Crippen LogP contribution >= 0.6 is 0 Å². The van der Waals surface area contributed by atoms with Crippen molar-refractivity contribution in [2.75, 3.05) is 33.8 Å². The number of nitrogens with zero attached hydrogens (tertiary/aromatic N) is 2. The summed E-state index contributed by atoms with van der Waals surface area (Å²) in [5, 5.41) is 11.0. The van der Waals surface area contributed by atoms with Crippen LogP contribution in [-0.2, 0) is 9.59 Å². The van der Waals surface area contributed by atoms with Gasteiger partial charge in [-0.05, 0) is 75.4 Å². The summed E-state index contributed by atoms with van der Waals surface area (Å²) in [5.74, 6) is -1.55. The molecule has 6 nitrogen and oxygen atoms in total. The van der Waals surface area contributed by atoms with Gasteiger partial charge in [-0.1, -0.05) is 19.1 Å². The lowest BCUT2D eigenvalue weighted by Crippen LogP contribution is -2.32. The molecule has 1 amide bonds. The van der Waals surface area contributed by atoms with Crippen LogP contribution < -0.4 is 4.74 Å². The van der Waals surface area contributed by atoms with Gasteiger partial charge in [-0.2, -0.15) is 0 Å². The van der Waals surface area contributed by atoms with Gasteiger partial charge in [0.15, 0.2) is 0 Å². The van der Waals surface area contributed by atoms with Crippen LogP contribution in [0.1, 0.15) is 36.9 Å². The lowest BCUT2D eigenvalue weighted by atomic mass is 9.95. The summed E-state index contributed by atoms with van der Waals surface area (Å²) >= 11 is 0. The van der Waals surface area contributed by atoms with E-state index in [0.29, 0.717) is 30.9 Å². The number of ketones is 1. The normalized spacial score (nSPS) is 17.9. The molecule has 1 saturated heterocycles. The summed E-state index contributed by atoms with van der Waals surface area (Å²) in [5.41, 5.74) is 0.950. The first kappa shape index (κ1) is 23.5. The zero-order valence-electron chi connectivity index (χ0n) is 18.7. The summed E-state index contributed by atoms with van der Waals surface area (Å²) in [6.07, 6.45) is 1.51. The number of ether oxygens (including phenoxy) is 1. The number of aliphatic hydroxyl groups excluding tert-OH is 1. The first-order valence-corrected chi connectivity index (χ1v) is 10.7. The average molecular weight is 441 g/mol. The molecule has 1 atom stereocenters. The average Bonchev–Trinajstić information content (AvgIpc) is 3.02. The van der Waals surface area contributed by atoms with E-state index in [1.807, 2.05) is 38.1 Å².